The molecule has 1 heterocycles. The molecule has 1 aromatic rings. The molecule has 0 radical (unpaired) electrons. The van der Waals surface area contributed by atoms with Crippen molar-refractivity contribution in [1.82, 2.24) is 9.80 Å². The first-order chi connectivity index (χ1) is 11.9. The van der Waals surface area contributed by atoms with Gasteiger partial charge in [0.2, 0.25) is 5.91 Å². The van der Waals surface area contributed by atoms with Gasteiger partial charge in [0.15, 0.2) is 0 Å². The summed E-state index contributed by atoms with van der Waals surface area (Å²) in [6, 6.07) is 6.35. The van der Waals surface area contributed by atoms with Crippen LogP contribution in [0.5, 0.6) is 0 Å². The molecule has 1 aliphatic heterocycles. The number of carboxylic acids is 1. The number of halogens is 1. The Kier molecular flexibility index (Phi) is 5.34. The number of hydrogen-bond acceptors (Lipinski definition) is 4. The first kappa shape index (κ1) is 17.8. The SMILES string of the molecule is CN(CC(=O)O)CC1CN(C(=O)C2CC2c2ccc(F)cc2)CCO1. The molecule has 0 aromatic heterocycles. The predicted molar refractivity (Wildman–Crippen MR) is 88.7 cm³/mol. The van der Waals surface area contributed by atoms with E-state index >= 15 is 0 Å². The van der Waals surface area contributed by atoms with Crippen molar-refractivity contribution in [1.29, 1.82) is 0 Å². The van der Waals surface area contributed by atoms with Crippen molar-refractivity contribution in [3.05, 3.63) is 35.6 Å². The highest BCUT2D eigenvalue weighted by Crippen LogP contribution is 2.48. The number of ether oxygens (including phenoxy) is 1. The molecule has 1 amide bonds. The fraction of sp³-hybridized carbons (Fsp3) is 0.556. The molecule has 136 valence electrons. The Labute approximate surface area is 146 Å². The van der Waals surface area contributed by atoms with Gasteiger partial charge in [-0.05, 0) is 37.1 Å². The number of morpholine rings is 1. The highest BCUT2D eigenvalue weighted by Gasteiger charge is 2.46. The molecule has 7 heteroatoms. The second-order valence-corrected chi connectivity index (χ2v) is 6.87. The van der Waals surface area contributed by atoms with Crippen LogP contribution >= 0.6 is 0 Å². The van der Waals surface area contributed by atoms with Crippen molar-refractivity contribution in [2.75, 3.05) is 39.8 Å². The Hall–Kier alpha value is -1.99. The minimum Gasteiger partial charge on any atom is -0.480 e. The quantitative estimate of drug-likeness (QED) is 0.834. The van der Waals surface area contributed by atoms with Gasteiger partial charge in [0, 0.05) is 25.6 Å². The normalized spacial score (nSPS) is 25.9. The molecule has 2 fully saturated rings. The van der Waals surface area contributed by atoms with E-state index in [4.69, 9.17) is 9.84 Å². The zero-order valence-corrected chi connectivity index (χ0v) is 14.2. The maximum atomic E-state index is 13.0. The van der Waals surface area contributed by atoms with Gasteiger partial charge in [-0.3, -0.25) is 14.5 Å². The number of amides is 1. The van der Waals surface area contributed by atoms with Crippen molar-refractivity contribution < 1.29 is 23.8 Å². The van der Waals surface area contributed by atoms with Gasteiger partial charge in [-0.25, -0.2) is 4.39 Å². The molecular weight excluding hydrogens is 327 g/mol. The van der Waals surface area contributed by atoms with Crippen molar-refractivity contribution >= 4 is 11.9 Å². The highest BCUT2D eigenvalue weighted by atomic mass is 19.1. The molecule has 0 bridgehead atoms. The first-order valence-electron chi connectivity index (χ1n) is 8.50. The van der Waals surface area contributed by atoms with Crippen LogP contribution in [0.1, 0.15) is 17.9 Å². The molecule has 3 atom stereocenters. The Bertz CT molecular complexity index is 636. The second-order valence-electron chi connectivity index (χ2n) is 6.87. The molecule has 0 spiro atoms. The Balaban J connectivity index is 1.52. The lowest BCUT2D eigenvalue weighted by Gasteiger charge is -2.34. The number of hydrogen-bond donors (Lipinski definition) is 1. The third-order valence-corrected chi connectivity index (χ3v) is 4.78. The zero-order chi connectivity index (χ0) is 18.0. The molecule has 1 saturated heterocycles. The minimum absolute atomic E-state index is 0.0408. The largest absolute Gasteiger partial charge is 0.480 e. The van der Waals surface area contributed by atoms with Crippen LogP contribution < -0.4 is 0 Å². The Morgan fingerprint density at radius 1 is 1.36 bits per heavy atom. The maximum Gasteiger partial charge on any atom is 0.317 e. The van der Waals surface area contributed by atoms with Gasteiger partial charge < -0.3 is 14.7 Å². The van der Waals surface area contributed by atoms with Crippen LogP contribution in [0.3, 0.4) is 0 Å². The number of benzene rings is 1. The number of rotatable bonds is 6. The predicted octanol–water partition coefficient (Wildman–Crippen LogP) is 1.17. The summed E-state index contributed by atoms with van der Waals surface area (Å²) >= 11 is 0. The van der Waals surface area contributed by atoms with Crippen LogP contribution in [0.25, 0.3) is 0 Å². The van der Waals surface area contributed by atoms with E-state index in [0.717, 1.165) is 12.0 Å². The number of likely N-dealkylation sites (N-methyl/N-ethyl adjacent to an activating group) is 1. The van der Waals surface area contributed by atoms with Gasteiger partial charge in [-0.2, -0.15) is 0 Å². The lowest BCUT2D eigenvalue weighted by atomic mass is 10.1. The summed E-state index contributed by atoms with van der Waals surface area (Å²) in [6.45, 7) is 1.93. The number of carbonyl (C=O) groups excluding carboxylic acids is 1. The van der Waals surface area contributed by atoms with Gasteiger partial charge in [-0.15, -0.1) is 0 Å². The van der Waals surface area contributed by atoms with Gasteiger partial charge >= 0.3 is 5.97 Å². The van der Waals surface area contributed by atoms with E-state index in [1.165, 1.54) is 12.1 Å². The third-order valence-electron chi connectivity index (χ3n) is 4.78. The second kappa shape index (κ2) is 7.49. The molecule has 25 heavy (non-hydrogen) atoms. The van der Waals surface area contributed by atoms with E-state index in [9.17, 15) is 14.0 Å². The molecular formula is C18H23FN2O4. The zero-order valence-electron chi connectivity index (χ0n) is 14.2. The first-order valence-corrected chi connectivity index (χ1v) is 8.50. The summed E-state index contributed by atoms with van der Waals surface area (Å²) in [7, 11) is 1.73. The van der Waals surface area contributed by atoms with Crippen LogP contribution in [0.15, 0.2) is 24.3 Å². The number of carboxylic acid groups (broad SMARTS) is 1. The van der Waals surface area contributed by atoms with Crippen LogP contribution in [-0.4, -0.2) is 72.7 Å². The molecule has 1 aromatic carbocycles. The molecule has 1 saturated carbocycles. The van der Waals surface area contributed by atoms with E-state index < -0.39 is 5.97 Å². The van der Waals surface area contributed by atoms with Crippen molar-refractivity contribution in [2.24, 2.45) is 5.92 Å². The number of aliphatic carboxylic acids is 1. The van der Waals surface area contributed by atoms with Crippen molar-refractivity contribution in [2.45, 2.75) is 18.4 Å². The standard InChI is InChI=1S/C18H23FN2O4/c1-20(11-17(22)23)9-14-10-21(6-7-25-14)18(24)16-8-15(16)12-2-4-13(19)5-3-12/h2-5,14-16H,6-11H2,1H3,(H,22,23). The van der Waals surface area contributed by atoms with Gasteiger partial charge in [-0.1, -0.05) is 12.1 Å². The average Bonchev–Trinajstić information content (AvgIpc) is 3.35. The van der Waals surface area contributed by atoms with Gasteiger partial charge in [0.1, 0.15) is 5.82 Å². The monoisotopic (exact) mass is 350 g/mol. The van der Waals surface area contributed by atoms with Crippen LogP contribution in [0.4, 0.5) is 4.39 Å². The summed E-state index contributed by atoms with van der Waals surface area (Å²) in [4.78, 5) is 26.9. The van der Waals surface area contributed by atoms with Crippen LogP contribution in [0.2, 0.25) is 0 Å². The molecule has 2 aliphatic rings. The summed E-state index contributed by atoms with van der Waals surface area (Å²) in [5.41, 5.74) is 1.01. The van der Waals surface area contributed by atoms with E-state index in [0.29, 0.717) is 26.2 Å². The van der Waals surface area contributed by atoms with Gasteiger partial charge in [0.05, 0.1) is 19.3 Å². The smallest absolute Gasteiger partial charge is 0.317 e. The summed E-state index contributed by atoms with van der Waals surface area (Å²) in [6.07, 6.45) is 0.621. The minimum atomic E-state index is -0.883. The Morgan fingerprint density at radius 3 is 2.76 bits per heavy atom. The molecule has 1 N–H and O–H groups in total. The number of carbonyl (C=O) groups is 2. The van der Waals surface area contributed by atoms with E-state index in [1.807, 2.05) is 4.90 Å². The van der Waals surface area contributed by atoms with E-state index in [-0.39, 0.29) is 36.2 Å². The molecule has 1 aliphatic carbocycles. The van der Waals surface area contributed by atoms with Crippen LogP contribution in [0, 0.1) is 11.7 Å². The summed E-state index contributed by atoms with van der Waals surface area (Å²) < 4.78 is 18.7. The van der Waals surface area contributed by atoms with Crippen molar-refractivity contribution in [3.63, 3.8) is 0 Å². The topological polar surface area (TPSA) is 70.1 Å². The molecule has 3 unspecified atom stereocenters. The van der Waals surface area contributed by atoms with Gasteiger partial charge in [0.25, 0.3) is 0 Å². The fourth-order valence-corrected chi connectivity index (χ4v) is 3.45. The van der Waals surface area contributed by atoms with E-state index in [1.54, 1.807) is 24.1 Å². The summed E-state index contributed by atoms with van der Waals surface area (Å²) in [5, 5.41) is 8.82. The average molecular weight is 350 g/mol. The Morgan fingerprint density at radius 2 is 2.08 bits per heavy atom. The lowest BCUT2D eigenvalue weighted by Crippen LogP contribution is -2.50. The maximum absolute atomic E-state index is 13.0. The number of nitrogens with zero attached hydrogens (tertiary/aromatic N) is 2. The van der Waals surface area contributed by atoms with E-state index in [2.05, 4.69) is 0 Å². The lowest BCUT2D eigenvalue weighted by molar-refractivity contribution is -0.143. The third kappa shape index (κ3) is 4.55. The highest BCUT2D eigenvalue weighted by molar-refractivity contribution is 5.83. The van der Waals surface area contributed by atoms with Crippen LogP contribution in [-0.2, 0) is 14.3 Å². The fourth-order valence-electron chi connectivity index (χ4n) is 3.45. The molecule has 3 rings (SSSR count). The molecule has 6 nitrogen and oxygen atoms in total. The summed E-state index contributed by atoms with van der Waals surface area (Å²) in [5.74, 6) is -0.909. The van der Waals surface area contributed by atoms with Crippen molar-refractivity contribution in [3.8, 4) is 0 Å².